The molecule has 0 spiro atoms. The van der Waals surface area contributed by atoms with E-state index in [0.717, 1.165) is 5.56 Å². The van der Waals surface area contributed by atoms with Crippen molar-refractivity contribution in [3.8, 4) is 0 Å². The summed E-state index contributed by atoms with van der Waals surface area (Å²) in [7, 11) is 0. The Hall–Kier alpha value is -2.20. The Morgan fingerprint density at radius 1 is 1.21 bits per heavy atom. The van der Waals surface area contributed by atoms with Crippen LogP contribution < -0.4 is 11.1 Å². The van der Waals surface area contributed by atoms with Gasteiger partial charge in [0.2, 0.25) is 0 Å². The maximum atomic E-state index is 11.1. The molecule has 0 unspecified atom stereocenters. The van der Waals surface area contributed by atoms with Crippen molar-refractivity contribution in [2.45, 2.75) is 6.92 Å². The van der Waals surface area contributed by atoms with Gasteiger partial charge >= 0.3 is 5.97 Å². The molecule has 0 amide bonds. The zero-order valence-corrected chi connectivity index (χ0v) is 11.0. The fourth-order valence-electron chi connectivity index (χ4n) is 1.72. The lowest BCUT2D eigenvalue weighted by molar-refractivity contribution is 0.0698. The second kappa shape index (κ2) is 5.20. The van der Waals surface area contributed by atoms with Crippen molar-refractivity contribution in [2.75, 3.05) is 11.1 Å². The van der Waals surface area contributed by atoms with Crippen LogP contribution in [0.4, 0.5) is 17.1 Å². The van der Waals surface area contributed by atoms with Gasteiger partial charge in [-0.25, -0.2) is 4.79 Å². The molecule has 0 aromatic heterocycles. The number of benzene rings is 2. The summed E-state index contributed by atoms with van der Waals surface area (Å²) in [5.41, 5.74) is 8.42. The number of nitrogens with one attached hydrogen (secondary N) is 1. The first-order valence-electron chi connectivity index (χ1n) is 5.64. The van der Waals surface area contributed by atoms with Crippen LogP contribution in [0.2, 0.25) is 5.02 Å². The Morgan fingerprint density at radius 2 is 1.89 bits per heavy atom. The second-order valence-corrected chi connectivity index (χ2v) is 4.50. The number of carbonyl (C=O) groups is 1. The fourth-order valence-corrected chi connectivity index (χ4v) is 1.94. The maximum absolute atomic E-state index is 11.1. The lowest BCUT2D eigenvalue weighted by atomic mass is 10.1. The molecule has 0 aliphatic heterocycles. The van der Waals surface area contributed by atoms with Crippen molar-refractivity contribution >= 4 is 34.6 Å². The predicted octanol–water partition coefficient (Wildman–Crippen LogP) is 3.67. The van der Waals surface area contributed by atoms with Crippen LogP contribution in [0, 0.1) is 6.92 Å². The minimum Gasteiger partial charge on any atom is -0.478 e. The standard InChI is InChI=1S/C14H13ClN2O2/c1-8-10(16)6-7-12(13(8)15)17-11-5-3-2-4-9(11)14(18)19/h2-7,17H,16H2,1H3,(H,18,19). The quantitative estimate of drug-likeness (QED) is 0.748. The Kier molecular flexibility index (Phi) is 3.62. The van der Waals surface area contributed by atoms with E-state index < -0.39 is 5.97 Å². The Morgan fingerprint density at radius 3 is 2.58 bits per heavy atom. The highest BCUT2D eigenvalue weighted by Gasteiger charge is 2.11. The third-order valence-electron chi connectivity index (χ3n) is 2.86. The Labute approximate surface area is 115 Å². The predicted molar refractivity (Wildman–Crippen MR) is 77.3 cm³/mol. The smallest absolute Gasteiger partial charge is 0.337 e. The molecule has 0 atom stereocenters. The highest BCUT2D eigenvalue weighted by Crippen LogP contribution is 2.32. The first kappa shape index (κ1) is 13.2. The second-order valence-electron chi connectivity index (χ2n) is 4.12. The van der Waals surface area contributed by atoms with Gasteiger partial charge in [0.25, 0.3) is 0 Å². The van der Waals surface area contributed by atoms with Crippen LogP contribution in [0.5, 0.6) is 0 Å². The van der Waals surface area contributed by atoms with Gasteiger partial charge in [-0.15, -0.1) is 0 Å². The zero-order valence-electron chi connectivity index (χ0n) is 10.3. The minimum absolute atomic E-state index is 0.188. The molecule has 0 aliphatic carbocycles. The molecule has 4 N–H and O–H groups in total. The normalized spacial score (nSPS) is 10.2. The Balaban J connectivity index is 2.42. The molecule has 0 aliphatic rings. The van der Waals surface area contributed by atoms with E-state index in [1.165, 1.54) is 6.07 Å². The van der Waals surface area contributed by atoms with E-state index in [1.807, 2.05) is 6.92 Å². The molecule has 2 aromatic rings. The third kappa shape index (κ3) is 2.63. The monoisotopic (exact) mass is 276 g/mol. The number of carboxylic acids is 1. The highest BCUT2D eigenvalue weighted by molar-refractivity contribution is 6.34. The third-order valence-corrected chi connectivity index (χ3v) is 3.34. The van der Waals surface area contributed by atoms with E-state index in [1.54, 1.807) is 30.3 Å². The van der Waals surface area contributed by atoms with E-state index in [2.05, 4.69) is 5.32 Å². The van der Waals surface area contributed by atoms with Gasteiger partial charge in [0.05, 0.1) is 22.0 Å². The number of hydrogen-bond donors (Lipinski definition) is 3. The molecule has 0 saturated heterocycles. The van der Waals surface area contributed by atoms with Gasteiger partial charge in [0.1, 0.15) is 0 Å². The van der Waals surface area contributed by atoms with Gasteiger partial charge in [-0.2, -0.15) is 0 Å². The van der Waals surface area contributed by atoms with Gasteiger partial charge in [0, 0.05) is 5.69 Å². The number of carboxylic acid groups (broad SMARTS) is 1. The molecule has 0 fully saturated rings. The maximum Gasteiger partial charge on any atom is 0.337 e. The summed E-state index contributed by atoms with van der Waals surface area (Å²) in [6, 6.07) is 10.1. The number of nitrogens with two attached hydrogens (primary N) is 1. The van der Waals surface area contributed by atoms with Crippen LogP contribution in [-0.4, -0.2) is 11.1 Å². The number of nitrogen functional groups attached to an aromatic ring is 1. The van der Waals surface area contributed by atoms with Gasteiger partial charge in [-0.1, -0.05) is 23.7 Å². The largest absolute Gasteiger partial charge is 0.478 e. The summed E-state index contributed by atoms with van der Waals surface area (Å²) < 4.78 is 0. The van der Waals surface area contributed by atoms with Crippen molar-refractivity contribution in [1.82, 2.24) is 0 Å². The number of para-hydroxylation sites is 1. The van der Waals surface area contributed by atoms with Crippen LogP contribution in [-0.2, 0) is 0 Å². The first-order valence-corrected chi connectivity index (χ1v) is 6.02. The average molecular weight is 277 g/mol. The molecule has 2 rings (SSSR count). The van der Waals surface area contributed by atoms with E-state index in [9.17, 15) is 4.79 Å². The van der Waals surface area contributed by atoms with Crippen molar-refractivity contribution in [3.05, 3.63) is 52.5 Å². The van der Waals surface area contributed by atoms with Crippen molar-refractivity contribution < 1.29 is 9.90 Å². The number of anilines is 3. The number of hydrogen-bond acceptors (Lipinski definition) is 3. The van der Waals surface area contributed by atoms with Crippen molar-refractivity contribution in [2.24, 2.45) is 0 Å². The van der Waals surface area contributed by atoms with E-state index in [0.29, 0.717) is 22.1 Å². The number of halogens is 1. The van der Waals surface area contributed by atoms with Crippen LogP contribution in [0.3, 0.4) is 0 Å². The SMILES string of the molecule is Cc1c(N)ccc(Nc2ccccc2C(=O)O)c1Cl. The lowest BCUT2D eigenvalue weighted by Crippen LogP contribution is -2.03. The van der Waals surface area contributed by atoms with Crippen LogP contribution >= 0.6 is 11.6 Å². The summed E-state index contributed by atoms with van der Waals surface area (Å²) in [4.78, 5) is 11.1. The van der Waals surface area contributed by atoms with Crippen LogP contribution in [0.1, 0.15) is 15.9 Å². The molecule has 2 aromatic carbocycles. The first-order chi connectivity index (χ1) is 9.00. The molecule has 0 radical (unpaired) electrons. The number of rotatable bonds is 3. The van der Waals surface area contributed by atoms with Gasteiger partial charge in [-0.3, -0.25) is 0 Å². The van der Waals surface area contributed by atoms with Crippen LogP contribution in [0.25, 0.3) is 0 Å². The molecule has 0 saturated carbocycles. The molecule has 98 valence electrons. The van der Waals surface area contributed by atoms with Gasteiger partial charge in [-0.05, 0) is 36.8 Å². The molecule has 0 bridgehead atoms. The Bertz CT molecular complexity index is 641. The average Bonchev–Trinajstić information content (AvgIpc) is 2.40. The summed E-state index contributed by atoms with van der Waals surface area (Å²) in [6.07, 6.45) is 0. The summed E-state index contributed by atoms with van der Waals surface area (Å²) in [6.45, 7) is 1.81. The summed E-state index contributed by atoms with van der Waals surface area (Å²) >= 11 is 6.19. The van der Waals surface area contributed by atoms with Crippen LogP contribution in [0.15, 0.2) is 36.4 Å². The molecular weight excluding hydrogens is 264 g/mol. The summed E-state index contributed by atoms with van der Waals surface area (Å²) in [5, 5.41) is 12.6. The fraction of sp³-hybridized carbons (Fsp3) is 0.0714. The molecule has 4 nitrogen and oxygen atoms in total. The molecule has 19 heavy (non-hydrogen) atoms. The zero-order chi connectivity index (χ0) is 14.0. The van der Waals surface area contributed by atoms with Gasteiger partial charge in [0.15, 0.2) is 0 Å². The summed E-state index contributed by atoms with van der Waals surface area (Å²) in [5.74, 6) is -0.994. The molecular formula is C14H13ClN2O2. The van der Waals surface area contributed by atoms with E-state index in [-0.39, 0.29) is 5.56 Å². The molecule has 5 heteroatoms. The van der Waals surface area contributed by atoms with Crippen molar-refractivity contribution in [3.63, 3.8) is 0 Å². The lowest BCUT2D eigenvalue weighted by Gasteiger charge is -2.13. The minimum atomic E-state index is -0.994. The number of aromatic carboxylic acids is 1. The van der Waals surface area contributed by atoms with Gasteiger partial charge < -0.3 is 16.2 Å². The van der Waals surface area contributed by atoms with E-state index in [4.69, 9.17) is 22.4 Å². The van der Waals surface area contributed by atoms with Crippen molar-refractivity contribution in [1.29, 1.82) is 0 Å². The topological polar surface area (TPSA) is 75.3 Å². The molecule has 0 heterocycles. The highest BCUT2D eigenvalue weighted by atomic mass is 35.5. The van der Waals surface area contributed by atoms with E-state index >= 15 is 0 Å².